The number of hydrogen-bond donors (Lipinski definition) is 2. The molecule has 0 saturated heterocycles. The Hall–Kier alpha value is -4.28. The number of aryl methyl sites for hydroxylation is 2. The minimum absolute atomic E-state index is 0.0989. The molecule has 1 aliphatic rings. The van der Waals surface area contributed by atoms with Gasteiger partial charge in [0.2, 0.25) is 0 Å². The Kier molecular flexibility index (Phi) is 9.61. The third-order valence-corrected chi connectivity index (χ3v) is 10.3. The lowest BCUT2D eigenvalue weighted by Gasteiger charge is -2.25. The van der Waals surface area contributed by atoms with Crippen LogP contribution >= 0.6 is 0 Å². The minimum Gasteiger partial charge on any atom is -0.287 e. The summed E-state index contributed by atoms with van der Waals surface area (Å²) in [5, 5.41) is 0. The largest absolute Gasteiger partial charge is 0.287 e. The molecule has 44 heavy (non-hydrogen) atoms. The Morgan fingerprint density at radius 3 is 1.32 bits per heavy atom. The van der Waals surface area contributed by atoms with Gasteiger partial charge >= 0.3 is 0 Å². The van der Waals surface area contributed by atoms with Gasteiger partial charge in [-0.05, 0) is 63.1 Å². The number of sulfonamides is 2. The first kappa shape index (κ1) is 31.2. The quantitative estimate of drug-likeness (QED) is 0.189. The van der Waals surface area contributed by atoms with Crippen LogP contribution < -0.4 is 9.44 Å². The number of anilines is 2. The maximum absolute atomic E-state index is 13.0. The summed E-state index contributed by atoms with van der Waals surface area (Å²) in [6, 6.07) is 27.6. The molecule has 0 radical (unpaired) electrons. The number of benzene rings is 4. The highest BCUT2D eigenvalue weighted by Crippen LogP contribution is 2.26. The third-order valence-electron chi connectivity index (χ3n) is 7.58. The van der Waals surface area contributed by atoms with E-state index in [0.717, 1.165) is 36.8 Å². The standard InChI is InChI=1S/C34H36N4O4S2/c1-25-15-19-29(20-16-25)43(39,40)37-31-11-5-3-9-27(31)23-35-33-13-7-8-14-34(33)36-24-28-10-4-6-12-32(28)38-44(41,42)30-21-17-26(2)18-22-30/h3-6,9-12,15-24,33-34,37-38H,7-8,13-14H2,1-2H3. The number of rotatable bonds is 10. The molecule has 1 saturated carbocycles. The van der Waals surface area contributed by atoms with E-state index in [4.69, 9.17) is 9.98 Å². The van der Waals surface area contributed by atoms with Gasteiger partial charge < -0.3 is 0 Å². The Balaban J connectivity index is 1.33. The van der Waals surface area contributed by atoms with E-state index >= 15 is 0 Å². The molecule has 2 unspecified atom stereocenters. The van der Waals surface area contributed by atoms with Gasteiger partial charge in [-0.3, -0.25) is 19.4 Å². The molecule has 5 rings (SSSR count). The molecule has 0 bridgehead atoms. The number of nitrogens with zero attached hydrogens (tertiary/aromatic N) is 2. The van der Waals surface area contributed by atoms with E-state index in [9.17, 15) is 16.8 Å². The van der Waals surface area contributed by atoms with Gasteiger partial charge in [-0.15, -0.1) is 0 Å². The van der Waals surface area contributed by atoms with Crippen LogP contribution in [0.5, 0.6) is 0 Å². The molecule has 4 aromatic rings. The van der Waals surface area contributed by atoms with Gasteiger partial charge in [-0.2, -0.15) is 0 Å². The molecule has 1 aliphatic carbocycles. The Bertz CT molecular complexity index is 1730. The van der Waals surface area contributed by atoms with Crippen molar-refractivity contribution in [1.29, 1.82) is 0 Å². The molecule has 0 spiro atoms. The summed E-state index contributed by atoms with van der Waals surface area (Å²) in [4.78, 5) is 10.1. The number of aliphatic imine (C=N–C) groups is 2. The van der Waals surface area contributed by atoms with Gasteiger partial charge in [-0.25, -0.2) is 16.8 Å². The molecule has 4 aromatic carbocycles. The fraction of sp³-hybridized carbons (Fsp3) is 0.235. The normalized spacial score (nSPS) is 17.6. The van der Waals surface area contributed by atoms with Crippen LogP contribution in [0.2, 0.25) is 0 Å². The van der Waals surface area contributed by atoms with Gasteiger partial charge in [0.15, 0.2) is 0 Å². The molecular formula is C34H36N4O4S2. The average molecular weight is 629 g/mol. The van der Waals surface area contributed by atoms with E-state index in [-0.39, 0.29) is 21.9 Å². The summed E-state index contributed by atoms with van der Waals surface area (Å²) in [6.45, 7) is 3.82. The highest BCUT2D eigenvalue weighted by Gasteiger charge is 2.24. The summed E-state index contributed by atoms with van der Waals surface area (Å²) in [7, 11) is -7.53. The average Bonchev–Trinajstić information content (AvgIpc) is 3.01. The lowest BCUT2D eigenvalue weighted by atomic mass is 9.91. The molecule has 0 heterocycles. The van der Waals surface area contributed by atoms with Crippen molar-refractivity contribution in [2.75, 3.05) is 9.44 Å². The maximum atomic E-state index is 13.0. The van der Waals surface area contributed by atoms with Crippen molar-refractivity contribution in [2.45, 2.75) is 61.4 Å². The monoisotopic (exact) mass is 628 g/mol. The van der Waals surface area contributed by atoms with Crippen LogP contribution in [0.1, 0.15) is 47.9 Å². The number of para-hydroxylation sites is 2. The number of hydrogen-bond acceptors (Lipinski definition) is 6. The SMILES string of the molecule is Cc1ccc(S(=O)(=O)Nc2ccccc2C=NC2CCCCC2N=Cc2ccccc2NS(=O)(=O)c2ccc(C)cc2)cc1. The molecule has 1 fully saturated rings. The zero-order valence-electron chi connectivity index (χ0n) is 24.7. The molecule has 0 aromatic heterocycles. The molecular weight excluding hydrogens is 593 g/mol. The van der Waals surface area contributed by atoms with Crippen LogP contribution in [0, 0.1) is 13.8 Å². The van der Waals surface area contributed by atoms with Gasteiger partial charge in [0.25, 0.3) is 20.0 Å². The minimum atomic E-state index is -3.77. The highest BCUT2D eigenvalue weighted by atomic mass is 32.2. The van der Waals surface area contributed by atoms with Crippen molar-refractivity contribution in [3.63, 3.8) is 0 Å². The van der Waals surface area contributed by atoms with Crippen LogP contribution in [0.15, 0.2) is 117 Å². The first-order valence-electron chi connectivity index (χ1n) is 14.5. The van der Waals surface area contributed by atoms with Crippen molar-refractivity contribution in [2.24, 2.45) is 9.98 Å². The smallest absolute Gasteiger partial charge is 0.261 e. The van der Waals surface area contributed by atoms with E-state index in [1.807, 2.05) is 38.1 Å². The lowest BCUT2D eigenvalue weighted by Crippen LogP contribution is -2.27. The summed E-state index contributed by atoms with van der Waals surface area (Å²) < 4.78 is 57.5. The first-order chi connectivity index (χ1) is 21.1. The van der Waals surface area contributed by atoms with Crippen LogP contribution in [-0.2, 0) is 20.0 Å². The Morgan fingerprint density at radius 1 is 0.568 bits per heavy atom. The molecule has 10 heteroatoms. The van der Waals surface area contributed by atoms with Crippen LogP contribution in [-0.4, -0.2) is 41.3 Å². The molecule has 2 N–H and O–H groups in total. The molecule has 228 valence electrons. The van der Waals surface area contributed by atoms with E-state index in [1.165, 1.54) is 0 Å². The molecule has 0 amide bonds. The van der Waals surface area contributed by atoms with E-state index in [0.29, 0.717) is 22.5 Å². The third kappa shape index (κ3) is 7.81. The van der Waals surface area contributed by atoms with Crippen molar-refractivity contribution in [1.82, 2.24) is 0 Å². The Labute approximate surface area is 260 Å². The van der Waals surface area contributed by atoms with E-state index in [1.54, 1.807) is 85.2 Å². The molecule has 2 atom stereocenters. The fourth-order valence-corrected chi connectivity index (χ4v) is 7.21. The molecule has 0 aliphatic heterocycles. The molecule has 8 nitrogen and oxygen atoms in total. The highest BCUT2D eigenvalue weighted by molar-refractivity contribution is 7.93. The van der Waals surface area contributed by atoms with Crippen molar-refractivity contribution in [3.05, 3.63) is 119 Å². The van der Waals surface area contributed by atoms with E-state index in [2.05, 4.69) is 9.44 Å². The fourth-order valence-electron chi connectivity index (χ4n) is 5.04. The topological polar surface area (TPSA) is 117 Å². The van der Waals surface area contributed by atoms with Crippen LogP contribution in [0.3, 0.4) is 0 Å². The zero-order chi connectivity index (χ0) is 31.2. The second kappa shape index (κ2) is 13.6. The van der Waals surface area contributed by atoms with E-state index < -0.39 is 20.0 Å². The summed E-state index contributed by atoms with van der Waals surface area (Å²) in [6.07, 6.45) is 7.16. The van der Waals surface area contributed by atoms with Gasteiger partial charge in [-0.1, -0.05) is 84.6 Å². The summed E-state index contributed by atoms with van der Waals surface area (Å²) in [5.74, 6) is 0. The lowest BCUT2D eigenvalue weighted by molar-refractivity contribution is 0.390. The maximum Gasteiger partial charge on any atom is 0.261 e. The van der Waals surface area contributed by atoms with Gasteiger partial charge in [0.05, 0.1) is 33.2 Å². The first-order valence-corrected chi connectivity index (χ1v) is 17.5. The second-order valence-corrected chi connectivity index (χ2v) is 14.4. The summed E-state index contributed by atoms with van der Waals surface area (Å²) in [5.41, 5.74) is 4.17. The second-order valence-electron chi connectivity index (χ2n) is 11.0. The van der Waals surface area contributed by atoms with Gasteiger partial charge in [0, 0.05) is 23.6 Å². The van der Waals surface area contributed by atoms with Crippen molar-refractivity contribution >= 4 is 43.9 Å². The number of nitrogens with one attached hydrogen (secondary N) is 2. The van der Waals surface area contributed by atoms with Gasteiger partial charge in [0.1, 0.15) is 0 Å². The zero-order valence-corrected chi connectivity index (χ0v) is 26.4. The predicted molar refractivity (Wildman–Crippen MR) is 178 cm³/mol. The van der Waals surface area contributed by atoms with Crippen molar-refractivity contribution in [3.8, 4) is 0 Å². The Morgan fingerprint density at radius 2 is 0.932 bits per heavy atom. The van der Waals surface area contributed by atoms with Crippen LogP contribution in [0.25, 0.3) is 0 Å². The predicted octanol–water partition coefficient (Wildman–Crippen LogP) is 6.75. The van der Waals surface area contributed by atoms with Crippen molar-refractivity contribution < 1.29 is 16.8 Å². The summed E-state index contributed by atoms with van der Waals surface area (Å²) >= 11 is 0. The van der Waals surface area contributed by atoms with Crippen LogP contribution in [0.4, 0.5) is 11.4 Å².